The number of para-hydroxylation sites is 1. The Morgan fingerprint density at radius 2 is 2.11 bits per heavy atom. The van der Waals surface area contributed by atoms with Crippen molar-refractivity contribution in [1.29, 1.82) is 0 Å². The number of carboxylic acid groups (broad SMARTS) is 1. The molecule has 0 spiro atoms. The molecular formula is C14H19NO4. The van der Waals surface area contributed by atoms with Gasteiger partial charge in [0.2, 0.25) is 0 Å². The highest BCUT2D eigenvalue weighted by molar-refractivity contribution is 5.76. The third-order valence-corrected chi connectivity index (χ3v) is 3.16. The van der Waals surface area contributed by atoms with E-state index in [2.05, 4.69) is 0 Å². The summed E-state index contributed by atoms with van der Waals surface area (Å²) in [5.41, 5.74) is 0.707. The molecular weight excluding hydrogens is 246 g/mol. The average Bonchev–Trinajstić information content (AvgIpc) is 2.42. The number of carboxylic acids is 1. The number of morpholine rings is 1. The second-order valence-electron chi connectivity index (χ2n) is 4.36. The predicted octanol–water partition coefficient (Wildman–Crippen LogP) is 1.54. The summed E-state index contributed by atoms with van der Waals surface area (Å²) in [6.45, 7) is 4.80. The van der Waals surface area contributed by atoms with Gasteiger partial charge in [0.1, 0.15) is 11.8 Å². The monoisotopic (exact) mass is 265 g/mol. The number of carbonyl (C=O) groups is 1. The lowest BCUT2D eigenvalue weighted by Gasteiger charge is -2.32. The Labute approximate surface area is 112 Å². The summed E-state index contributed by atoms with van der Waals surface area (Å²) < 4.78 is 10.8. The molecule has 1 fully saturated rings. The molecule has 1 saturated heterocycles. The molecule has 0 aliphatic carbocycles. The summed E-state index contributed by atoms with van der Waals surface area (Å²) >= 11 is 0. The van der Waals surface area contributed by atoms with Gasteiger partial charge in [-0.3, -0.25) is 9.69 Å². The Morgan fingerprint density at radius 1 is 1.42 bits per heavy atom. The van der Waals surface area contributed by atoms with E-state index in [9.17, 15) is 9.90 Å². The number of rotatable bonds is 5. The van der Waals surface area contributed by atoms with Crippen LogP contribution < -0.4 is 4.74 Å². The fourth-order valence-electron chi connectivity index (χ4n) is 2.31. The van der Waals surface area contributed by atoms with Crippen molar-refractivity contribution in [2.45, 2.75) is 13.0 Å². The maximum Gasteiger partial charge on any atom is 0.325 e. The van der Waals surface area contributed by atoms with Gasteiger partial charge in [-0.2, -0.15) is 0 Å². The van der Waals surface area contributed by atoms with Gasteiger partial charge in [0.25, 0.3) is 0 Å². The zero-order chi connectivity index (χ0) is 13.7. The smallest absolute Gasteiger partial charge is 0.325 e. The van der Waals surface area contributed by atoms with Crippen LogP contribution in [0.2, 0.25) is 0 Å². The lowest BCUT2D eigenvalue weighted by molar-refractivity contribution is -0.145. The van der Waals surface area contributed by atoms with Crippen LogP contribution in [0.25, 0.3) is 0 Å². The lowest BCUT2D eigenvalue weighted by atomic mass is 10.0. The van der Waals surface area contributed by atoms with E-state index in [1.54, 1.807) is 0 Å². The van der Waals surface area contributed by atoms with Gasteiger partial charge >= 0.3 is 5.97 Å². The molecule has 1 N–H and O–H groups in total. The Balaban J connectivity index is 2.30. The van der Waals surface area contributed by atoms with Crippen molar-refractivity contribution >= 4 is 5.97 Å². The molecule has 5 heteroatoms. The minimum atomic E-state index is -0.853. The first-order valence-corrected chi connectivity index (χ1v) is 6.50. The van der Waals surface area contributed by atoms with Crippen molar-refractivity contribution in [3.05, 3.63) is 29.8 Å². The maximum absolute atomic E-state index is 11.6. The molecule has 0 bridgehead atoms. The van der Waals surface area contributed by atoms with E-state index in [0.29, 0.717) is 44.2 Å². The van der Waals surface area contributed by atoms with Gasteiger partial charge in [-0.15, -0.1) is 0 Å². The first-order valence-electron chi connectivity index (χ1n) is 6.50. The van der Waals surface area contributed by atoms with Crippen molar-refractivity contribution < 1.29 is 19.4 Å². The molecule has 0 amide bonds. The van der Waals surface area contributed by atoms with E-state index in [0.717, 1.165) is 0 Å². The molecule has 1 aliphatic heterocycles. The Bertz CT molecular complexity index is 429. The van der Waals surface area contributed by atoms with Gasteiger partial charge in [-0.1, -0.05) is 18.2 Å². The average molecular weight is 265 g/mol. The molecule has 0 aromatic heterocycles. The molecule has 19 heavy (non-hydrogen) atoms. The fourth-order valence-corrected chi connectivity index (χ4v) is 2.31. The van der Waals surface area contributed by atoms with E-state index < -0.39 is 12.0 Å². The topological polar surface area (TPSA) is 59.0 Å². The molecule has 5 nitrogen and oxygen atoms in total. The second-order valence-corrected chi connectivity index (χ2v) is 4.36. The summed E-state index contributed by atoms with van der Waals surface area (Å²) in [5, 5.41) is 9.53. The maximum atomic E-state index is 11.6. The quantitative estimate of drug-likeness (QED) is 0.875. The Kier molecular flexibility index (Phi) is 4.76. The highest BCUT2D eigenvalue weighted by Gasteiger charge is 2.30. The largest absolute Gasteiger partial charge is 0.494 e. The molecule has 1 atom stereocenters. The molecule has 2 rings (SSSR count). The van der Waals surface area contributed by atoms with Crippen LogP contribution in [-0.4, -0.2) is 48.9 Å². The minimum Gasteiger partial charge on any atom is -0.494 e. The number of hydrogen-bond donors (Lipinski definition) is 1. The zero-order valence-corrected chi connectivity index (χ0v) is 11.0. The van der Waals surface area contributed by atoms with Crippen LogP contribution in [0.3, 0.4) is 0 Å². The molecule has 1 aliphatic rings. The van der Waals surface area contributed by atoms with Crippen LogP contribution in [0.5, 0.6) is 5.75 Å². The minimum absolute atomic E-state index is 0.520. The van der Waals surface area contributed by atoms with E-state index in [-0.39, 0.29) is 0 Å². The summed E-state index contributed by atoms with van der Waals surface area (Å²) in [4.78, 5) is 13.5. The third-order valence-electron chi connectivity index (χ3n) is 3.16. The highest BCUT2D eigenvalue weighted by atomic mass is 16.5. The summed E-state index contributed by atoms with van der Waals surface area (Å²) in [7, 11) is 0. The normalized spacial score (nSPS) is 17.9. The van der Waals surface area contributed by atoms with Crippen molar-refractivity contribution in [1.82, 2.24) is 4.90 Å². The molecule has 0 radical (unpaired) electrons. The van der Waals surface area contributed by atoms with E-state index in [1.807, 2.05) is 36.1 Å². The van der Waals surface area contributed by atoms with Crippen LogP contribution in [0.4, 0.5) is 0 Å². The van der Waals surface area contributed by atoms with Gasteiger partial charge in [-0.25, -0.2) is 0 Å². The summed E-state index contributed by atoms with van der Waals surface area (Å²) in [6.07, 6.45) is 0. The van der Waals surface area contributed by atoms with Crippen LogP contribution in [-0.2, 0) is 9.53 Å². The number of benzene rings is 1. The highest BCUT2D eigenvalue weighted by Crippen LogP contribution is 2.30. The van der Waals surface area contributed by atoms with Crippen LogP contribution in [0.15, 0.2) is 24.3 Å². The number of aliphatic carboxylic acids is 1. The summed E-state index contributed by atoms with van der Waals surface area (Å²) in [6, 6.07) is 6.65. The predicted molar refractivity (Wildman–Crippen MR) is 70.4 cm³/mol. The molecule has 1 aromatic carbocycles. The van der Waals surface area contributed by atoms with Gasteiger partial charge < -0.3 is 14.6 Å². The van der Waals surface area contributed by atoms with Gasteiger partial charge in [0, 0.05) is 18.7 Å². The summed E-state index contributed by atoms with van der Waals surface area (Å²) in [5.74, 6) is -0.210. The number of ether oxygens (including phenoxy) is 2. The Morgan fingerprint density at radius 3 is 2.74 bits per heavy atom. The van der Waals surface area contributed by atoms with Crippen LogP contribution in [0.1, 0.15) is 18.5 Å². The molecule has 1 unspecified atom stereocenters. The van der Waals surface area contributed by atoms with E-state index in [4.69, 9.17) is 9.47 Å². The second kappa shape index (κ2) is 6.54. The number of hydrogen-bond acceptors (Lipinski definition) is 4. The van der Waals surface area contributed by atoms with Crippen LogP contribution in [0, 0.1) is 0 Å². The zero-order valence-electron chi connectivity index (χ0n) is 11.0. The van der Waals surface area contributed by atoms with Gasteiger partial charge in [-0.05, 0) is 13.0 Å². The molecule has 104 valence electrons. The number of nitrogens with zero attached hydrogens (tertiary/aromatic N) is 1. The standard InChI is InChI=1S/C14H19NO4/c1-2-19-12-6-4-3-5-11(12)13(14(16)17)15-7-9-18-10-8-15/h3-6,13H,2,7-10H2,1H3,(H,16,17). The molecule has 1 aromatic rings. The SMILES string of the molecule is CCOc1ccccc1C(C(=O)O)N1CCOCC1. The van der Waals surface area contributed by atoms with Crippen LogP contribution >= 0.6 is 0 Å². The first-order chi connectivity index (χ1) is 9.24. The van der Waals surface area contributed by atoms with Gasteiger partial charge in [0.15, 0.2) is 0 Å². The lowest BCUT2D eigenvalue weighted by Crippen LogP contribution is -2.42. The fraction of sp³-hybridized carbons (Fsp3) is 0.500. The van der Waals surface area contributed by atoms with Crippen molar-refractivity contribution in [3.63, 3.8) is 0 Å². The Hall–Kier alpha value is -1.59. The molecule has 0 saturated carbocycles. The first kappa shape index (κ1) is 13.8. The van der Waals surface area contributed by atoms with E-state index >= 15 is 0 Å². The third kappa shape index (κ3) is 3.24. The van der Waals surface area contributed by atoms with Gasteiger partial charge in [0.05, 0.1) is 19.8 Å². The van der Waals surface area contributed by atoms with Crippen molar-refractivity contribution in [2.75, 3.05) is 32.9 Å². The van der Waals surface area contributed by atoms with Crippen molar-refractivity contribution in [3.8, 4) is 5.75 Å². The molecule has 1 heterocycles. The van der Waals surface area contributed by atoms with Crippen molar-refractivity contribution in [2.24, 2.45) is 0 Å². The van der Waals surface area contributed by atoms with E-state index in [1.165, 1.54) is 0 Å².